The Morgan fingerprint density at radius 3 is 2.60 bits per heavy atom. The molecule has 20 heavy (non-hydrogen) atoms. The zero-order valence-corrected chi connectivity index (χ0v) is 12.8. The van der Waals surface area contributed by atoms with Crippen LogP contribution >= 0.6 is 0 Å². The van der Waals surface area contributed by atoms with E-state index in [1.54, 1.807) is 11.6 Å². The Hall–Kier alpha value is -1.63. The minimum Gasteiger partial charge on any atom is -0.343 e. The maximum absolute atomic E-state index is 11.4. The Morgan fingerprint density at radius 2 is 2.10 bits per heavy atom. The fourth-order valence-corrected chi connectivity index (χ4v) is 2.73. The molecule has 112 valence electrons. The molecule has 2 rings (SSSR count). The summed E-state index contributed by atoms with van der Waals surface area (Å²) in [6.07, 6.45) is 0. The Bertz CT molecular complexity index is 521. The maximum atomic E-state index is 11.4. The van der Waals surface area contributed by atoms with Gasteiger partial charge >= 0.3 is 5.69 Å². The molecule has 0 spiro atoms. The molecule has 1 saturated heterocycles. The number of hydrogen-bond acceptors (Lipinski definition) is 5. The molecule has 0 atom stereocenters. The summed E-state index contributed by atoms with van der Waals surface area (Å²) >= 11 is 0. The Morgan fingerprint density at radius 1 is 1.45 bits per heavy atom. The largest absolute Gasteiger partial charge is 0.343 e. The topological polar surface area (TPSA) is 76.2 Å². The van der Waals surface area contributed by atoms with E-state index in [-0.39, 0.29) is 22.2 Å². The first-order valence-electron chi connectivity index (χ1n) is 6.97. The molecule has 1 aromatic heterocycles. The van der Waals surface area contributed by atoms with E-state index in [4.69, 9.17) is 0 Å². The quantitative estimate of drug-likeness (QED) is 0.676. The average Bonchev–Trinajstić information content (AvgIpc) is 2.66. The van der Waals surface area contributed by atoms with Gasteiger partial charge in [-0.3, -0.25) is 10.1 Å². The second kappa shape index (κ2) is 5.05. The number of aromatic nitrogens is 2. The molecule has 0 unspecified atom stereocenters. The first-order chi connectivity index (χ1) is 9.25. The van der Waals surface area contributed by atoms with Crippen LogP contribution in [-0.4, -0.2) is 39.9 Å². The first-order valence-corrected chi connectivity index (χ1v) is 6.97. The molecule has 0 bridgehead atoms. The van der Waals surface area contributed by atoms with Crippen molar-refractivity contribution in [1.82, 2.24) is 15.1 Å². The number of piperazine rings is 1. The number of aryl methyl sites for hydroxylation is 1. The Kier molecular flexibility index (Phi) is 3.73. The third kappa shape index (κ3) is 2.37. The van der Waals surface area contributed by atoms with Crippen LogP contribution in [0.25, 0.3) is 0 Å². The zero-order valence-electron chi connectivity index (χ0n) is 12.8. The summed E-state index contributed by atoms with van der Waals surface area (Å²) in [6.45, 7) is 12.2. The highest BCUT2D eigenvalue weighted by Crippen LogP contribution is 2.37. The summed E-state index contributed by atoms with van der Waals surface area (Å²) in [5, 5.41) is 19.2. The van der Waals surface area contributed by atoms with Gasteiger partial charge in [0.05, 0.1) is 4.92 Å². The van der Waals surface area contributed by atoms with E-state index in [2.05, 4.69) is 29.2 Å². The van der Waals surface area contributed by atoms with Crippen molar-refractivity contribution in [2.24, 2.45) is 0 Å². The SMILES string of the molecule is Cc1nn(C(C)C)c(N2CCNCC2(C)C)c1[N+](=O)[O-]. The molecule has 1 N–H and O–H groups in total. The van der Waals surface area contributed by atoms with Crippen molar-refractivity contribution in [2.75, 3.05) is 24.5 Å². The van der Waals surface area contributed by atoms with Gasteiger partial charge in [-0.2, -0.15) is 5.10 Å². The highest BCUT2D eigenvalue weighted by Gasteiger charge is 2.38. The Labute approximate surface area is 119 Å². The fourth-order valence-electron chi connectivity index (χ4n) is 2.73. The second-order valence-electron chi connectivity index (χ2n) is 6.19. The van der Waals surface area contributed by atoms with Gasteiger partial charge in [0.25, 0.3) is 0 Å². The van der Waals surface area contributed by atoms with Gasteiger partial charge in [-0.05, 0) is 34.6 Å². The highest BCUT2D eigenvalue weighted by atomic mass is 16.6. The number of anilines is 1. The normalized spacial score (nSPS) is 18.6. The number of nitro groups is 1. The van der Waals surface area contributed by atoms with Gasteiger partial charge in [0.15, 0.2) is 0 Å². The molecule has 0 saturated carbocycles. The molecule has 1 aromatic rings. The van der Waals surface area contributed by atoms with Crippen molar-refractivity contribution >= 4 is 11.5 Å². The van der Waals surface area contributed by atoms with Crippen LogP contribution in [0.2, 0.25) is 0 Å². The van der Waals surface area contributed by atoms with Crippen molar-refractivity contribution in [3.8, 4) is 0 Å². The van der Waals surface area contributed by atoms with Crippen LogP contribution in [0, 0.1) is 17.0 Å². The first kappa shape index (κ1) is 14.8. The average molecular weight is 281 g/mol. The van der Waals surface area contributed by atoms with E-state index in [0.29, 0.717) is 11.5 Å². The zero-order chi connectivity index (χ0) is 15.1. The van der Waals surface area contributed by atoms with Gasteiger partial charge in [-0.25, -0.2) is 4.68 Å². The summed E-state index contributed by atoms with van der Waals surface area (Å²) < 4.78 is 1.78. The fraction of sp³-hybridized carbons (Fsp3) is 0.769. The van der Waals surface area contributed by atoms with E-state index in [1.165, 1.54) is 0 Å². The van der Waals surface area contributed by atoms with E-state index >= 15 is 0 Å². The molecule has 0 amide bonds. The smallest absolute Gasteiger partial charge is 0.333 e. The van der Waals surface area contributed by atoms with Gasteiger partial charge < -0.3 is 10.2 Å². The third-order valence-corrected chi connectivity index (χ3v) is 3.76. The molecule has 1 aliphatic rings. The van der Waals surface area contributed by atoms with E-state index < -0.39 is 0 Å². The van der Waals surface area contributed by atoms with Crippen molar-refractivity contribution in [1.29, 1.82) is 0 Å². The molecule has 0 radical (unpaired) electrons. The molecular formula is C13H23N5O2. The predicted molar refractivity (Wildman–Crippen MR) is 78.3 cm³/mol. The summed E-state index contributed by atoms with van der Waals surface area (Å²) in [5.74, 6) is 0.633. The molecule has 1 aliphatic heterocycles. The van der Waals surface area contributed by atoms with Crippen molar-refractivity contribution in [2.45, 2.75) is 46.2 Å². The molecule has 7 heteroatoms. The molecule has 2 heterocycles. The van der Waals surface area contributed by atoms with Gasteiger partial charge in [-0.1, -0.05) is 0 Å². The summed E-state index contributed by atoms with van der Waals surface area (Å²) in [7, 11) is 0. The highest BCUT2D eigenvalue weighted by molar-refractivity contribution is 5.63. The van der Waals surface area contributed by atoms with Crippen molar-refractivity contribution < 1.29 is 4.92 Å². The van der Waals surface area contributed by atoms with Gasteiger partial charge in [-0.15, -0.1) is 0 Å². The number of hydrogen-bond donors (Lipinski definition) is 1. The lowest BCUT2D eigenvalue weighted by atomic mass is 10.00. The van der Waals surface area contributed by atoms with Crippen molar-refractivity contribution in [3.63, 3.8) is 0 Å². The minimum atomic E-state index is -0.311. The third-order valence-electron chi connectivity index (χ3n) is 3.76. The van der Waals surface area contributed by atoms with Crippen LogP contribution < -0.4 is 10.2 Å². The Balaban J connectivity index is 2.61. The summed E-state index contributed by atoms with van der Waals surface area (Å²) in [4.78, 5) is 13.2. The number of nitrogens with zero attached hydrogens (tertiary/aromatic N) is 4. The molecule has 0 aromatic carbocycles. The van der Waals surface area contributed by atoms with E-state index in [9.17, 15) is 10.1 Å². The molecular weight excluding hydrogens is 258 g/mol. The number of nitrogens with one attached hydrogen (secondary N) is 1. The van der Waals surface area contributed by atoms with Crippen LogP contribution in [0.1, 0.15) is 39.4 Å². The predicted octanol–water partition coefficient (Wildman–Crippen LogP) is 1.87. The summed E-state index contributed by atoms with van der Waals surface area (Å²) in [6, 6.07) is 0.0862. The minimum absolute atomic E-state index is 0.0862. The lowest BCUT2D eigenvalue weighted by molar-refractivity contribution is -0.384. The van der Waals surface area contributed by atoms with Crippen molar-refractivity contribution in [3.05, 3.63) is 15.8 Å². The molecule has 0 aliphatic carbocycles. The molecule has 1 fully saturated rings. The lowest BCUT2D eigenvalue weighted by Gasteiger charge is -2.43. The van der Waals surface area contributed by atoms with E-state index in [1.807, 2.05) is 13.8 Å². The monoisotopic (exact) mass is 281 g/mol. The van der Waals surface area contributed by atoms with Crippen LogP contribution in [0.15, 0.2) is 0 Å². The van der Waals surface area contributed by atoms with Gasteiger partial charge in [0, 0.05) is 31.2 Å². The number of rotatable bonds is 3. The van der Waals surface area contributed by atoms with E-state index in [0.717, 1.165) is 19.6 Å². The second-order valence-corrected chi connectivity index (χ2v) is 6.19. The van der Waals surface area contributed by atoms with Crippen LogP contribution in [0.5, 0.6) is 0 Å². The maximum Gasteiger partial charge on any atom is 0.333 e. The van der Waals surface area contributed by atoms with Crippen LogP contribution in [-0.2, 0) is 0 Å². The standard InChI is InChI=1S/C13H23N5O2/c1-9(2)17-12(11(18(19)20)10(3)15-17)16-7-6-14-8-13(16,4)5/h9,14H,6-8H2,1-5H3. The van der Waals surface area contributed by atoms with Gasteiger partial charge in [0.2, 0.25) is 5.82 Å². The van der Waals surface area contributed by atoms with Gasteiger partial charge in [0.1, 0.15) is 5.69 Å². The molecule has 7 nitrogen and oxygen atoms in total. The van der Waals surface area contributed by atoms with Crippen LogP contribution in [0.4, 0.5) is 11.5 Å². The lowest BCUT2D eigenvalue weighted by Crippen LogP contribution is -2.58. The van der Waals surface area contributed by atoms with Crippen LogP contribution in [0.3, 0.4) is 0 Å². The summed E-state index contributed by atoms with van der Waals surface area (Å²) in [5.41, 5.74) is 0.434.